The summed E-state index contributed by atoms with van der Waals surface area (Å²) >= 11 is 0. The first-order valence-corrected chi connectivity index (χ1v) is 7.67. The van der Waals surface area contributed by atoms with Gasteiger partial charge in [0.25, 0.3) is 0 Å². The third-order valence-electron chi connectivity index (χ3n) is 2.72. The lowest BCUT2D eigenvalue weighted by molar-refractivity contribution is -0.116. The number of hydrogen-bond donors (Lipinski definition) is 1. The maximum absolute atomic E-state index is 13.5. The highest BCUT2D eigenvalue weighted by Crippen LogP contribution is 2.19. The van der Waals surface area contributed by atoms with E-state index in [-0.39, 0.29) is 19.1 Å². The van der Waals surface area contributed by atoms with Gasteiger partial charge in [-0.05, 0) is 44.5 Å². The summed E-state index contributed by atoms with van der Waals surface area (Å²) in [6.07, 6.45) is 0.948. The predicted molar refractivity (Wildman–Crippen MR) is 87.5 cm³/mol. The third-order valence-corrected chi connectivity index (χ3v) is 2.72. The Bertz CT molecular complexity index is 427. The SMILES string of the molecule is CC.CCNC[C@@H](C)Oc1cc(F)cc(CCC(C)=O)c1.[HH]. The Balaban J connectivity index is 0. The molecule has 1 N–H and O–H groups in total. The van der Waals surface area contributed by atoms with Crippen LogP contribution in [0.15, 0.2) is 18.2 Å². The molecule has 0 amide bonds. The number of carbonyl (C=O) groups excluding carboxylic acids is 1. The summed E-state index contributed by atoms with van der Waals surface area (Å²) in [5, 5.41) is 3.17. The molecule has 0 aliphatic rings. The van der Waals surface area contributed by atoms with Crippen molar-refractivity contribution in [2.75, 3.05) is 13.1 Å². The number of carbonyl (C=O) groups is 1. The van der Waals surface area contributed by atoms with Gasteiger partial charge in [-0.1, -0.05) is 20.8 Å². The van der Waals surface area contributed by atoms with E-state index >= 15 is 0 Å². The molecule has 3 nitrogen and oxygen atoms in total. The molecular weight excluding hydrogens is 269 g/mol. The summed E-state index contributed by atoms with van der Waals surface area (Å²) in [7, 11) is 0. The van der Waals surface area contributed by atoms with E-state index < -0.39 is 0 Å². The van der Waals surface area contributed by atoms with E-state index in [0.717, 1.165) is 18.7 Å². The average Bonchev–Trinajstić information content (AvgIpc) is 2.44. The van der Waals surface area contributed by atoms with E-state index in [9.17, 15) is 9.18 Å². The van der Waals surface area contributed by atoms with Gasteiger partial charge in [-0.2, -0.15) is 0 Å². The number of benzene rings is 1. The summed E-state index contributed by atoms with van der Waals surface area (Å²) < 4.78 is 19.1. The number of aryl methyl sites for hydroxylation is 1. The smallest absolute Gasteiger partial charge is 0.130 e. The lowest BCUT2D eigenvalue weighted by Crippen LogP contribution is -2.28. The molecule has 0 spiro atoms. The van der Waals surface area contributed by atoms with Gasteiger partial charge in [0.05, 0.1) is 0 Å². The van der Waals surface area contributed by atoms with Crippen molar-refractivity contribution >= 4 is 5.78 Å². The first-order valence-electron chi connectivity index (χ1n) is 7.67. The number of halogens is 1. The Morgan fingerprint density at radius 3 is 2.62 bits per heavy atom. The normalized spacial score (nSPS) is 11.3. The van der Waals surface area contributed by atoms with E-state index in [0.29, 0.717) is 18.6 Å². The number of ketones is 1. The Labute approximate surface area is 129 Å². The molecule has 0 saturated heterocycles. The number of nitrogens with one attached hydrogen (secondary N) is 1. The second-order valence-corrected chi connectivity index (χ2v) is 4.73. The van der Waals surface area contributed by atoms with Crippen LogP contribution in [-0.2, 0) is 11.2 Å². The van der Waals surface area contributed by atoms with Crippen LogP contribution in [0.1, 0.15) is 48.0 Å². The maximum Gasteiger partial charge on any atom is 0.130 e. The molecule has 0 saturated carbocycles. The maximum atomic E-state index is 13.5. The lowest BCUT2D eigenvalue weighted by atomic mass is 10.1. The van der Waals surface area contributed by atoms with Gasteiger partial charge < -0.3 is 14.8 Å². The van der Waals surface area contributed by atoms with Crippen molar-refractivity contribution in [2.45, 2.75) is 53.6 Å². The molecule has 4 heteroatoms. The van der Waals surface area contributed by atoms with E-state index in [2.05, 4.69) is 5.32 Å². The molecule has 1 aromatic carbocycles. The summed E-state index contributed by atoms with van der Waals surface area (Å²) in [6, 6.07) is 4.62. The molecule has 21 heavy (non-hydrogen) atoms. The van der Waals surface area contributed by atoms with Crippen molar-refractivity contribution in [3.8, 4) is 5.75 Å². The van der Waals surface area contributed by atoms with Crippen LogP contribution in [0.4, 0.5) is 4.39 Å². The molecule has 0 aromatic heterocycles. The predicted octanol–water partition coefficient (Wildman–Crippen LogP) is 4.00. The highest BCUT2D eigenvalue weighted by atomic mass is 19.1. The van der Waals surface area contributed by atoms with Crippen molar-refractivity contribution in [3.63, 3.8) is 0 Å². The molecule has 1 aromatic rings. The number of rotatable bonds is 8. The minimum absolute atomic E-state index is 0. The zero-order valence-electron chi connectivity index (χ0n) is 13.8. The van der Waals surface area contributed by atoms with Crippen molar-refractivity contribution in [3.05, 3.63) is 29.6 Å². The molecule has 1 atom stereocenters. The fourth-order valence-corrected chi connectivity index (χ4v) is 1.78. The number of hydrogen-bond acceptors (Lipinski definition) is 3. The summed E-state index contributed by atoms with van der Waals surface area (Å²) in [5.74, 6) is 0.294. The molecule has 0 bridgehead atoms. The topological polar surface area (TPSA) is 38.3 Å². The molecule has 0 radical (unpaired) electrons. The van der Waals surface area contributed by atoms with E-state index in [1.54, 1.807) is 6.07 Å². The van der Waals surface area contributed by atoms with Crippen molar-refractivity contribution < 1.29 is 15.3 Å². The van der Waals surface area contributed by atoms with Gasteiger partial charge in [-0.15, -0.1) is 0 Å². The van der Waals surface area contributed by atoms with Crippen LogP contribution < -0.4 is 10.1 Å². The fraction of sp³-hybridized carbons (Fsp3) is 0.588. The Morgan fingerprint density at radius 2 is 2.05 bits per heavy atom. The molecule has 0 aliphatic heterocycles. The quantitative estimate of drug-likeness (QED) is 0.788. The van der Waals surface area contributed by atoms with Crippen LogP contribution in [0.3, 0.4) is 0 Å². The molecule has 0 unspecified atom stereocenters. The molecule has 122 valence electrons. The van der Waals surface area contributed by atoms with E-state index in [1.165, 1.54) is 19.1 Å². The lowest BCUT2D eigenvalue weighted by Gasteiger charge is -2.15. The first kappa shape index (κ1) is 19.6. The highest BCUT2D eigenvalue weighted by Gasteiger charge is 2.07. The number of likely N-dealkylation sites (N-methyl/N-ethyl adjacent to an activating group) is 1. The monoisotopic (exact) mass is 299 g/mol. The molecule has 1 rings (SSSR count). The highest BCUT2D eigenvalue weighted by molar-refractivity contribution is 5.75. The van der Waals surface area contributed by atoms with E-state index in [4.69, 9.17) is 4.74 Å². The van der Waals surface area contributed by atoms with Crippen LogP contribution >= 0.6 is 0 Å². The minimum atomic E-state index is -0.327. The third kappa shape index (κ3) is 9.19. The van der Waals surface area contributed by atoms with Gasteiger partial charge in [-0.25, -0.2) is 4.39 Å². The van der Waals surface area contributed by atoms with Gasteiger partial charge in [0.1, 0.15) is 23.5 Å². The minimum Gasteiger partial charge on any atom is -0.489 e. The zero-order chi connectivity index (χ0) is 16.3. The summed E-state index contributed by atoms with van der Waals surface area (Å²) in [4.78, 5) is 10.9. The van der Waals surface area contributed by atoms with Crippen LogP contribution in [-0.4, -0.2) is 25.0 Å². The second-order valence-electron chi connectivity index (χ2n) is 4.73. The van der Waals surface area contributed by atoms with Crippen molar-refractivity contribution in [1.29, 1.82) is 0 Å². The van der Waals surface area contributed by atoms with Crippen LogP contribution in [0.5, 0.6) is 5.75 Å². The average molecular weight is 299 g/mol. The largest absolute Gasteiger partial charge is 0.489 e. The van der Waals surface area contributed by atoms with Crippen LogP contribution in [0, 0.1) is 5.82 Å². The first-order chi connectivity index (χ1) is 10.0. The molecule has 0 aliphatic carbocycles. The summed E-state index contributed by atoms with van der Waals surface area (Å²) in [5.41, 5.74) is 0.792. The van der Waals surface area contributed by atoms with Gasteiger partial charge in [-0.3, -0.25) is 0 Å². The second kappa shape index (κ2) is 11.3. The fourth-order valence-electron chi connectivity index (χ4n) is 1.78. The standard InChI is InChI=1S/C15H22FNO2.C2H6.H2/c1-4-17-10-12(3)19-15-8-13(6-5-11(2)18)7-14(16)9-15;1-2;/h7-9,12,17H,4-6,10H2,1-3H3;1-2H3;1H/t12-;;/m1../s1. The van der Waals surface area contributed by atoms with Gasteiger partial charge in [0.15, 0.2) is 0 Å². The Morgan fingerprint density at radius 1 is 1.38 bits per heavy atom. The van der Waals surface area contributed by atoms with E-state index in [1.807, 2.05) is 27.7 Å². The Kier molecular flexibility index (Phi) is 10.5. The van der Waals surface area contributed by atoms with Crippen molar-refractivity contribution in [1.82, 2.24) is 5.32 Å². The number of ether oxygens (including phenoxy) is 1. The van der Waals surface area contributed by atoms with Crippen LogP contribution in [0.25, 0.3) is 0 Å². The van der Waals surface area contributed by atoms with Gasteiger partial charge in [0.2, 0.25) is 0 Å². The van der Waals surface area contributed by atoms with Gasteiger partial charge >= 0.3 is 0 Å². The van der Waals surface area contributed by atoms with Crippen molar-refractivity contribution in [2.24, 2.45) is 0 Å². The number of Topliss-reactive ketones (excluding diaryl/α,β-unsaturated/α-hetero) is 1. The zero-order valence-corrected chi connectivity index (χ0v) is 13.8. The molecule has 0 fully saturated rings. The van der Waals surface area contributed by atoms with Gasteiger partial charge in [0, 0.05) is 20.5 Å². The van der Waals surface area contributed by atoms with Crippen LogP contribution in [0.2, 0.25) is 0 Å². The molecule has 0 heterocycles. The molecular formula is C17H30FNO2. The Hall–Kier alpha value is -1.42. The summed E-state index contributed by atoms with van der Waals surface area (Å²) in [6.45, 7) is 11.1.